The molecular weight excluding hydrogens is 412 g/mol. The van der Waals surface area contributed by atoms with Crippen LogP contribution in [-0.2, 0) is 9.53 Å². The van der Waals surface area contributed by atoms with Gasteiger partial charge < -0.3 is 23.7 Å². The highest BCUT2D eigenvalue weighted by molar-refractivity contribution is 6.03. The van der Waals surface area contributed by atoms with Crippen LogP contribution in [0.25, 0.3) is 10.8 Å². The third-order valence-electron chi connectivity index (χ3n) is 4.32. The lowest BCUT2D eigenvalue weighted by atomic mass is 9.97. The fourth-order valence-electron chi connectivity index (χ4n) is 2.92. The van der Waals surface area contributed by atoms with Crippen molar-refractivity contribution in [2.45, 2.75) is 67.1 Å². The maximum atomic E-state index is 13.0. The van der Waals surface area contributed by atoms with Crippen molar-refractivity contribution in [3.63, 3.8) is 0 Å². The number of fused-ring (bicyclic) bond motifs is 1. The third-order valence-corrected chi connectivity index (χ3v) is 4.32. The second-order valence-corrected chi connectivity index (χ2v) is 9.82. The van der Waals surface area contributed by atoms with Crippen LogP contribution in [0.15, 0.2) is 18.2 Å². The Morgan fingerprint density at radius 2 is 1.41 bits per heavy atom. The minimum Gasteiger partial charge on any atom is -0.492 e. The topological polar surface area (TPSA) is 80.3 Å². The molecule has 0 aliphatic carbocycles. The first kappa shape index (κ1) is 25.3. The molecule has 2 aromatic carbocycles. The molecule has 0 aliphatic heterocycles. The number of rotatable bonds is 6. The number of carbonyl (C=O) groups is 2. The quantitative estimate of drug-likeness (QED) is 0.425. The van der Waals surface area contributed by atoms with Gasteiger partial charge in [-0.05, 0) is 79.0 Å². The molecule has 2 aromatic rings. The normalized spacial score (nSPS) is 12.0. The minimum absolute atomic E-state index is 0.106. The Bertz CT molecular complexity index is 1010. The molecule has 0 amide bonds. The fraction of sp³-hybridized carbons (Fsp3) is 0.520. The molecule has 0 aromatic heterocycles. The summed E-state index contributed by atoms with van der Waals surface area (Å²) in [6, 6.07) is 4.98. The number of hydrogen-bond donors (Lipinski definition) is 0. The summed E-state index contributed by atoms with van der Waals surface area (Å²) in [5.74, 6) is 0.308. The van der Waals surface area contributed by atoms with Gasteiger partial charge in [-0.2, -0.15) is 0 Å². The van der Waals surface area contributed by atoms with E-state index in [4.69, 9.17) is 23.7 Å². The zero-order chi connectivity index (χ0) is 24.4. The molecule has 2 rings (SSSR count). The summed E-state index contributed by atoms with van der Waals surface area (Å²) in [7, 11) is 3.03. The van der Waals surface area contributed by atoms with Crippen molar-refractivity contribution in [2.24, 2.45) is 5.41 Å². The molecule has 0 heterocycles. The van der Waals surface area contributed by atoms with E-state index in [0.29, 0.717) is 28.0 Å². The summed E-state index contributed by atoms with van der Waals surface area (Å²) in [6.07, 6.45) is -0.106. The predicted octanol–water partition coefficient (Wildman–Crippen LogP) is 5.55. The lowest BCUT2D eigenvalue weighted by molar-refractivity contribution is -0.143. The highest BCUT2D eigenvalue weighted by Crippen LogP contribution is 2.45. The van der Waals surface area contributed by atoms with Crippen LogP contribution in [0, 0.1) is 5.41 Å². The van der Waals surface area contributed by atoms with Crippen LogP contribution in [0.3, 0.4) is 0 Å². The van der Waals surface area contributed by atoms with Gasteiger partial charge in [0.2, 0.25) is 5.75 Å². The molecule has 0 bridgehead atoms. The molecule has 0 aliphatic rings. The summed E-state index contributed by atoms with van der Waals surface area (Å²) in [6.45, 7) is 14.3. The number of benzene rings is 2. The zero-order valence-corrected chi connectivity index (χ0v) is 20.7. The second-order valence-electron chi connectivity index (χ2n) is 9.82. The van der Waals surface area contributed by atoms with Crippen molar-refractivity contribution >= 4 is 22.7 Å². The third kappa shape index (κ3) is 5.84. The van der Waals surface area contributed by atoms with E-state index in [1.54, 1.807) is 59.7 Å². The van der Waals surface area contributed by atoms with E-state index in [1.165, 1.54) is 14.2 Å². The first-order chi connectivity index (χ1) is 14.7. The fourth-order valence-corrected chi connectivity index (χ4v) is 2.92. The smallest absolute Gasteiger partial charge is 0.342 e. The molecule has 176 valence electrons. The average Bonchev–Trinajstić information content (AvgIpc) is 2.63. The number of methoxy groups -OCH3 is 2. The van der Waals surface area contributed by atoms with Gasteiger partial charge in [0, 0.05) is 5.39 Å². The van der Waals surface area contributed by atoms with Crippen molar-refractivity contribution < 1.29 is 33.3 Å². The Morgan fingerprint density at radius 3 is 1.88 bits per heavy atom. The van der Waals surface area contributed by atoms with Gasteiger partial charge in [-0.15, -0.1) is 0 Å². The van der Waals surface area contributed by atoms with Crippen molar-refractivity contribution in [2.75, 3.05) is 14.2 Å². The van der Waals surface area contributed by atoms with Crippen LogP contribution in [0.5, 0.6) is 23.0 Å². The summed E-state index contributed by atoms with van der Waals surface area (Å²) in [5, 5.41) is 1.25. The van der Waals surface area contributed by atoms with Crippen molar-refractivity contribution in [1.82, 2.24) is 0 Å². The van der Waals surface area contributed by atoms with Crippen LogP contribution >= 0.6 is 0 Å². The molecule has 7 heteroatoms. The molecule has 0 saturated carbocycles. The van der Waals surface area contributed by atoms with Crippen LogP contribution in [0.1, 0.15) is 65.7 Å². The van der Waals surface area contributed by atoms with Crippen LogP contribution in [-0.4, -0.2) is 37.9 Å². The van der Waals surface area contributed by atoms with Crippen LogP contribution in [0.4, 0.5) is 0 Å². The molecule has 0 spiro atoms. The molecule has 32 heavy (non-hydrogen) atoms. The minimum atomic E-state index is -0.760. The maximum absolute atomic E-state index is 13.0. The first-order valence-corrected chi connectivity index (χ1v) is 10.5. The highest BCUT2D eigenvalue weighted by atomic mass is 16.6. The molecule has 7 nitrogen and oxygen atoms in total. The monoisotopic (exact) mass is 446 g/mol. The molecule has 0 radical (unpaired) electrons. The summed E-state index contributed by atoms with van der Waals surface area (Å²) < 4.78 is 28.3. The van der Waals surface area contributed by atoms with Gasteiger partial charge in [0.25, 0.3) is 0 Å². The van der Waals surface area contributed by atoms with Gasteiger partial charge >= 0.3 is 11.9 Å². The van der Waals surface area contributed by atoms with Gasteiger partial charge in [-0.25, -0.2) is 4.79 Å². The number of hydrogen-bond acceptors (Lipinski definition) is 7. The number of ether oxygens (including phenoxy) is 5. The molecule has 0 fully saturated rings. The Hall–Kier alpha value is -2.96. The van der Waals surface area contributed by atoms with Gasteiger partial charge in [-0.1, -0.05) is 0 Å². The Morgan fingerprint density at radius 1 is 0.844 bits per heavy atom. The zero-order valence-electron chi connectivity index (χ0n) is 20.7. The molecule has 0 atom stereocenters. The standard InChI is InChI=1S/C25H34O7/c1-14(2)30-19-12-15-11-18(31-23(27)24(3,4)5)17(22(26)32-25(6,7)8)13-16(15)20(28-9)21(19)29-10/h11-14H,1-10H3. The predicted molar refractivity (Wildman–Crippen MR) is 123 cm³/mol. The maximum Gasteiger partial charge on any atom is 0.342 e. The Balaban J connectivity index is 2.81. The van der Waals surface area contributed by atoms with Crippen LogP contribution in [0.2, 0.25) is 0 Å². The summed E-state index contributed by atoms with van der Waals surface area (Å²) in [5.41, 5.74) is -1.37. The average molecular weight is 447 g/mol. The highest BCUT2D eigenvalue weighted by Gasteiger charge is 2.29. The lowest BCUT2D eigenvalue weighted by Gasteiger charge is -2.23. The van der Waals surface area contributed by atoms with E-state index in [9.17, 15) is 9.59 Å². The van der Waals surface area contributed by atoms with Gasteiger partial charge in [0.1, 0.15) is 16.9 Å². The SMILES string of the molecule is COc1c(OC(C)C)cc2cc(OC(=O)C(C)(C)C)c(C(=O)OC(C)(C)C)cc2c1OC. The van der Waals surface area contributed by atoms with E-state index < -0.39 is 23.0 Å². The molecule has 0 N–H and O–H groups in total. The number of carbonyl (C=O) groups excluding carboxylic acids is 2. The summed E-state index contributed by atoms with van der Waals surface area (Å²) in [4.78, 5) is 25.6. The summed E-state index contributed by atoms with van der Waals surface area (Å²) >= 11 is 0. The van der Waals surface area contributed by atoms with Crippen molar-refractivity contribution in [3.8, 4) is 23.0 Å². The van der Waals surface area contributed by atoms with E-state index in [1.807, 2.05) is 13.8 Å². The van der Waals surface area contributed by atoms with E-state index in [-0.39, 0.29) is 17.4 Å². The van der Waals surface area contributed by atoms with E-state index >= 15 is 0 Å². The molecular formula is C25H34O7. The van der Waals surface area contributed by atoms with E-state index in [0.717, 1.165) is 0 Å². The van der Waals surface area contributed by atoms with Gasteiger partial charge in [0.15, 0.2) is 11.5 Å². The van der Waals surface area contributed by atoms with Crippen LogP contribution < -0.4 is 18.9 Å². The molecule has 0 saturated heterocycles. The number of esters is 2. The second kappa shape index (κ2) is 9.27. The molecule has 0 unspecified atom stereocenters. The lowest BCUT2D eigenvalue weighted by Crippen LogP contribution is -2.28. The van der Waals surface area contributed by atoms with Crippen molar-refractivity contribution in [1.29, 1.82) is 0 Å². The Labute approximate surface area is 189 Å². The Kier molecular flexibility index (Phi) is 7.33. The van der Waals surface area contributed by atoms with Gasteiger partial charge in [-0.3, -0.25) is 4.79 Å². The van der Waals surface area contributed by atoms with Gasteiger partial charge in [0.05, 0.1) is 25.7 Å². The van der Waals surface area contributed by atoms with Crippen molar-refractivity contribution in [3.05, 3.63) is 23.8 Å². The largest absolute Gasteiger partial charge is 0.492 e. The first-order valence-electron chi connectivity index (χ1n) is 10.5. The van der Waals surface area contributed by atoms with E-state index in [2.05, 4.69) is 0 Å².